The van der Waals surface area contributed by atoms with Crippen molar-refractivity contribution in [2.75, 3.05) is 25.1 Å². The Morgan fingerprint density at radius 3 is 2.62 bits per heavy atom. The van der Waals surface area contributed by atoms with E-state index in [4.69, 9.17) is 9.84 Å². The number of aliphatic hydroxyl groups excluding tert-OH is 1. The van der Waals surface area contributed by atoms with Crippen molar-refractivity contribution in [2.45, 2.75) is 13.3 Å². The summed E-state index contributed by atoms with van der Waals surface area (Å²) in [6, 6.07) is 7.39. The normalized spacial score (nSPS) is 10.1. The number of amides is 1. The van der Waals surface area contributed by atoms with Crippen LogP contribution in [0.3, 0.4) is 0 Å². The van der Waals surface area contributed by atoms with Crippen LogP contribution in [-0.4, -0.2) is 30.8 Å². The van der Waals surface area contributed by atoms with E-state index in [9.17, 15) is 4.79 Å². The molecule has 0 bridgehead atoms. The topological polar surface area (TPSA) is 58.6 Å². The second-order valence-electron chi connectivity index (χ2n) is 3.36. The highest BCUT2D eigenvalue weighted by molar-refractivity contribution is 5.91. The highest BCUT2D eigenvalue weighted by Gasteiger charge is 2.01. The molecule has 88 valence electrons. The summed E-state index contributed by atoms with van der Waals surface area (Å²) in [4.78, 5) is 11.3. The zero-order valence-corrected chi connectivity index (χ0v) is 9.40. The molecule has 4 nitrogen and oxygen atoms in total. The summed E-state index contributed by atoms with van der Waals surface area (Å²) < 4.78 is 4.98. The lowest BCUT2D eigenvalue weighted by atomic mass is 10.1. The fourth-order valence-corrected chi connectivity index (χ4v) is 1.28. The van der Waals surface area contributed by atoms with Gasteiger partial charge in [-0.25, -0.2) is 0 Å². The smallest absolute Gasteiger partial charge is 0.250 e. The van der Waals surface area contributed by atoms with Crippen molar-refractivity contribution in [3.05, 3.63) is 29.8 Å². The molecule has 0 aliphatic carbocycles. The largest absolute Gasteiger partial charge is 0.396 e. The van der Waals surface area contributed by atoms with E-state index in [-0.39, 0.29) is 19.1 Å². The van der Waals surface area contributed by atoms with Crippen molar-refractivity contribution >= 4 is 11.6 Å². The quantitative estimate of drug-likeness (QED) is 0.761. The van der Waals surface area contributed by atoms with E-state index in [1.807, 2.05) is 31.2 Å². The number of carbonyl (C=O) groups is 1. The fourth-order valence-electron chi connectivity index (χ4n) is 1.28. The molecule has 0 saturated heterocycles. The number of hydrogen-bond acceptors (Lipinski definition) is 3. The second-order valence-corrected chi connectivity index (χ2v) is 3.36. The van der Waals surface area contributed by atoms with Gasteiger partial charge in [0.15, 0.2) is 0 Å². The van der Waals surface area contributed by atoms with Gasteiger partial charge in [-0.05, 0) is 31.0 Å². The number of anilines is 1. The van der Waals surface area contributed by atoms with Crippen LogP contribution in [0.15, 0.2) is 24.3 Å². The molecule has 0 aliphatic rings. The number of rotatable bonds is 6. The van der Waals surface area contributed by atoms with Crippen LogP contribution in [-0.2, 0) is 16.0 Å². The van der Waals surface area contributed by atoms with Gasteiger partial charge in [-0.15, -0.1) is 0 Å². The average Bonchev–Trinajstić information content (AvgIpc) is 2.29. The standard InChI is InChI=1S/C12H17NO3/c1-2-16-9-12(15)13-11-5-3-10(4-6-11)7-8-14/h3-6,14H,2,7-9H2,1H3,(H,13,15). The first-order chi connectivity index (χ1) is 7.76. The van der Waals surface area contributed by atoms with E-state index < -0.39 is 0 Å². The molecule has 1 amide bonds. The third kappa shape index (κ3) is 4.42. The summed E-state index contributed by atoms with van der Waals surface area (Å²) in [5.41, 5.74) is 1.79. The lowest BCUT2D eigenvalue weighted by Gasteiger charge is -2.06. The molecule has 0 aromatic heterocycles. The van der Waals surface area contributed by atoms with E-state index in [1.54, 1.807) is 0 Å². The maximum atomic E-state index is 11.3. The van der Waals surface area contributed by atoms with Crippen molar-refractivity contribution in [3.8, 4) is 0 Å². The molecule has 0 aliphatic heterocycles. The van der Waals surface area contributed by atoms with E-state index in [0.717, 1.165) is 11.3 Å². The third-order valence-corrected chi connectivity index (χ3v) is 2.08. The number of aliphatic hydroxyl groups is 1. The molecular weight excluding hydrogens is 206 g/mol. The van der Waals surface area contributed by atoms with Gasteiger partial charge in [0.1, 0.15) is 6.61 Å². The molecule has 0 heterocycles. The molecule has 1 rings (SSSR count). The van der Waals surface area contributed by atoms with Gasteiger partial charge in [0.05, 0.1) is 0 Å². The second kappa shape index (κ2) is 6.98. The minimum Gasteiger partial charge on any atom is -0.396 e. The lowest BCUT2D eigenvalue weighted by molar-refractivity contribution is -0.120. The Bertz CT molecular complexity index is 322. The van der Waals surface area contributed by atoms with Gasteiger partial charge in [-0.2, -0.15) is 0 Å². The van der Waals surface area contributed by atoms with Gasteiger partial charge in [0.2, 0.25) is 5.91 Å². The molecule has 1 aromatic carbocycles. The molecule has 16 heavy (non-hydrogen) atoms. The predicted octanol–water partition coefficient (Wildman–Crippen LogP) is 1.20. The Labute approximate surface area is 95.2 Å². The number of benzene rings is 1. The van der Waals surface area contributed by atoms with Crippen molar-refractivity contribution in [3.63, 3.8) is 0 Å². The predicted molar refractivity (Wildman–Crippen MR) is 62.4 cm³/mol. The van der Waals surface area contributed by atoms with E-state index >= 15 is 0 Å². The monoisotopic (exact) mass is 223 g/mol. The van der Waals surface area contributed by atoms with Crippen LogP contribution in [0.1, 0.15) is 12.5 Å². The maximum Gasteiger partial charge on any atom is 0.250 e. The van der Waals surface area contributed by atoms with Crippen molar-refractivity contribution in [2.24, 2.45) is 0 Å². The Hall–Kier alpha value is -1.39. The maximum absolute atomic E-state index is 11.3. The number of ether oxygens (including phenoxy) is 1. The molecule has 1 aromatic rings. The molecule has 2 N–H and O–H groups in total. The molecule has 0 spiro atoms. The highest BCUT2D eigenvalue weighted by atomic mass is 16.5. The highest BCUT2D eigenvalue weighted by Crippen LogP contribution is 2.09. The molecule has 0 radical (unpaired) electrons. The number of carbonyl (C=O) groups excluding carboxylic acids is 1. The number of nitrogens with one attached hydrogen (secondary N) is 1. The SMILES string of the molecule is CCOCC(=O)Nc1ccc(CCO)cc1. The first-order valence-electron chi connectivity index (χ1n) is 5.33. The van der Waals surface area contributed by atoms with Crippen LogP contribution in [0.5, 0.6) is 0 Å². The molecule has 0 unspecified atom stereocenters. The summed E-state index contributed by atoms with van der Waals surface area (Å²) in [6.45, 7) is 2.59. The van der Waals surface area contributed by atoms with Gasteiger partial charge in [-0.1, -0.05) is 12.1 Å². The molecule has 0 saturated carbocycles. The summed E-state index contributed by atoms with van der Waals surface area (Å²) in [7, 11) is 0. The summed E-state index contributed by atoms with van der Waals surface area (Å²) in [6.07, 6.45) is 0.632. The van der Waals surface area contributed by atoms with Gasteiger partial charge in [-0.3, -0.25) is 4.79 Å². The minimum atomic E-state index is -0.156. The average molecular weight is 223 g/mol. The Morgan fingerprint density at radius 2 is 2.06 bits per heavy atom. The van der Waals surface area contributed by atoms with Crippen molar-refractivity contribution in [1.29, 1.82) is 0 Å². The fraction of sp³-hybridized carbons (Fsp3) is 0.417. The van der Waals surface area contributed by atoms with E-state index in [2.05, 4.69) is 5.32 Å². The Kier molecular flexibility index (Phi) is 5.53. The first kappa shape index (κ1) is 12.7. The van der Waals surface area contributed by atoms with Crippen LogP contribution < -0.4 is 5.32 Å². The Balaban J connectivity index is 2.45. The zero-order valence-electron chi connectivity index (χ0n) is 9.40. The zero-order chi connectivity index (χ0) is 11.8. The molecule has 0 fully saturated rings. The van der Waals surface area contributed by atoms with E-state index in [1.165, 1.54) is 0 Å². The number of hydrogen-bond donors (Lipinski definition) is 2. The molecule has 4 heteroatoms. The summed E-state index contributed by atoms with van der Waals surface area (Å²) in [5, 5.41) is 11.5. The molecular formula is C12H17NO3. The van der Waals surface area contributed by atoms with Crippen molar-refractivity contribution < 1.29 is 14.6 Å². The van der Waals surface area contributed by atoms with Gasteiger partial charge < -0.3 is 15.2 Å². The van der Waals surface area contributed by atoms with Crippen LogP contribution in [0, 0.1) is 0 Å². The van der Waals surface area contributed by atoms with Gasteiger partial charge in [0.25, 0.3) is 0 Å². The van der Waals surface area contributed by atoms with Crippen LogP contribution >= 0.6 is 0 Å². The summed E-state index contributed by atoms with van der Waals surface area (Å²) >= 11 is 0. The minimum absolute atomic E-state index is 0.0783. The van der Waals surface area contributed by atoms with Gasteiger partial charge >= 0.3 is 0 Å². The van der Waals surface area contributed by atoms with Crippen LogP contribution in [0.4, 0.5) is 5.69 Å². The lowest BCUT2D eigenvalue weighted by Crippen LogP contribution is -2.18. The molecule has 0 atom stereocenters. The third-order valence-electron chi connectivity index (χ3n) is 2.08. The van der Waals surface area contributed by atoms with Crippen LogP contribution in [0.25, 0.3) is 0 Å². The summed E-state index contributed by atoms with van der Waals surface area (Å²) in [5.74, 6) is -0.156. The van der Waals surface area contributed by atoms with E-state index in [0.29, 0.717) is 13.0 Å². The van der Waals surface area contributed by atoms with Crippen LogP contribution in [0.2, 0.25) is 0 Å². The van der Waals surface area contributed by atoms with Crippen molar-refractivity contribution in [1.82, 2.24) is 0 Å². The van der Waals surface area contributed by atoms with Gasteiger partial charge in [0, 0.05) is 18.9 Å². The first-order valence-corrected chi connectivity index (χ1v) is 5.33. The Morgan fingerprint density at radius 1 is 1.38 bits per heavy atom.